The third-order valence-electron chi connectivity index (χ3n) is 4.08. The fourth-order valence-corrected chi connectivity index (χ4v) is 3.65. The van der Waals surface area contributed by atoms with Gasteiger partial charge in [-0.1, -0.05) is 30.3 Å². The van der Waals surface area contributed by atoms with Crippen molar-refractivity contribution in [1.82, 2.24) is 15.6 Å². The lowest BCUT2D eigenvalue weighted by Gasteiger charge is -2.30. The van der Waals surface area contributed by atoms with Gasteiger partial charge in [-0.25, -0.2) is 9.78 Å². The Hall–Kier alpha value is -1.92. The Bertz CT molecular complexity index is 659. The smallest absolute Gasteiger partial charge is 0.315 e. The molecule has 0 unspecified atom stereocenters. The van der Waals surface area contributed by atoms with Gasteiger partial charge in [-0.3, -0.25) is 0 Å². The molecule has 5 nitrogen and oxygen atoms in total. The Balaban J connectivity index is 1.42. The molecule has 2 aromatic rings. The van der Waals surface area contributed by atoms with Crippen LogP contribution in [0.25, 0.3) is 0 Å². The van der Waals surface area contributed by atoms with Gasteiger partial charge in [0.25, 0.3) is 0 Å². The van der Waals surface area contributed by atoms with E-state index in [1.807, 2.05) is 31.3 Å². The molecule has 3 rings (SSSR count). The first-order valence-corrected chi connectivity index (χ1v) is 9.14. The Labute approximate surface area is 146 Å². The fraction of sp³-hybridized carbons (Fsp3) is 0.444. The van der Waals surface area contributed by atoms with Gasteiger partial charge in [-0.05, 0) is 25.3 Å². The highest BCUT2D eigenvalue weighted by Gasteiger charge is 2.24. The van der Waals surface area contributed by atoms with Crippen molar-refractivity contribution in [2.24, 2.45) is 0 Å². The molecular weight excluding hydrogens is 322 g/mol. The van der Waals surface area contributed by atoms with Gasteiger partial charge in [-0.2, -0.15) is 0 Å². The maximum atomic E-state index is 12.1. The van der Waals surface area contributed by atoms with Crippen LogP contribution in [0.1, 0.15) is 34.4 Å². The van der Waals surface area contributed by atoms with Gasteiger partial charge in [0, 0.05) is 36.7 Å². The Morgan fingerprint density at radius 2 is 2.21 bits per heavy atom. The normalized spacial score (nSPS) is 20.5. The van der Waals surface area contributed by atoms with Crippen LogP contribution in [0.2, 0.25) is 0 Å². The molecule has 1 aromatic carbocycles. The molecule has 0 spiro atoms. The standard InChI is InChI=1S/C18H23N3O2S/c1-13-12-20-17(24-13)7-9-19-18(22)21-15-8-10-23-16(11-15)14-5-3-2-4-6-14/h2-6,12,15-16H,7-11H2,1H3,(H2,19,21,22)/t15-,16-/m1/s1. The molecule has 1 aromatic heterocycles. The van der Waals surface area contributed by atoms with Crippen molar-refractivity contribution in [3.8, 4) is 0 Å². The van der Waals surface area contributed by atoms with Gasteiger partial charge in [0.05, 0.1) is 11.1 Å². The first kappa shape index (κ1) is 16.9. The van der Waals surface area contributed by atoms with Gasteiger partial charge >= 0.3 is 6.03 Å². The number of thiazole rings is 1. The van der Waals surface area contributed by atoms with Crippen LogP contribution in [0.4, 0.5) is 4.79 Å². The number of nitrogens with one attached hydrogen (secondary N) is 2. The molecule has 128 valence electrons. The summed E-state index contributed by atoms with van der Waals surface area (Å²) in [7, 11) is 0. The number of benzene rings is 1. The van der Waals surface area contributed by atoms with E-state index in [0.717, 1.165) is 24.3 Å². The second-order valence-electron chi connectivity index (χ2n) is 6.01. The molecule has 2 heterocycles. The minimum atomic E-state index is -0.109. The minimum Gasteiger partial charge on any atom is -0.373 e. The number of hydrogen-bond acceptors (Lipinski definition) is 4. The zero-order valence-corrected chi connectivity index (χ0v) is 14.6. The molecule has 2 amide bonds. The van der Waals surface area contributed by atoms with E-state index in [1.54, 1.807) is 11.3 Å². The van der Waals surface area contributed by atoms with Gasteiger partial charge in [0.15, 0.2) is 0 Å². The van der Waals surface area contributed by atoms with E-state index in [2.05, 4.69) is 27.8 Å². The van der Waals surface area contributed by atoms with Crippen molar-refractivity contribution in [3.05, 3.63) is 52.0 Å². The summed E-state index contributed by atoms with van der Waals surface area (Å²) in [5, 5.41) is 7.04. The predicted octanol–water partition coefficient (Wildman–Crippen LogP) is 3.21. The van der Waals surface area contributed by atoms with Crippen LogP contribution in [0, 0.1) is 6.92 Å². The molecule has 0 radical (unpaired) electrons. The molecule has 1 aliphatic rings. The van der Waals surface area contributed by atoms with E-state index in [9.17, 15) is 4.79 Å². The van der Waals surface area contributed by atoms with Crippen molar-refractivity contribution in [1.29, 1.82) is 0 Å². The molecule has 0 bridgehead atoms. The number of aryl methyl sites for hydroxylation is 1. The second-order valence-corrected chi connectivity index (χ2v) is 7.33. The Morgan fingerprint density at radius 1 is 1.38 bits per heavy atom. The molecule has 1 fully saturated rings. The first-order valence-electron chi connectivity index (χ1n) is 8.33. The number of urea groups is 1. The van der Waals surface area contributed by atoms with E-state index in [1.165, 1.54) is 10.4 Å². The van der Waals surface area contributed by atoms with Crippen LogP contribution in [-0.2, 0) is 11.2 Å². The van der Waals surface area contributed by atoms with Crippen molar-refractivity contribution in [2.45, 2.75) is 38.3 Å². The summed E-state index contributed by atoms with van der Waals surface area (Å²) in [6.45, 7) is 3.31. The highest BCUT2D eigenvalue weighted by atomic mass is 32.1. The summed E-state index contributed by atoms with van der Waals surface area (Å²) in [4.78, 5) is 17.6. The van der Waals surface area contributed by atoms with Gasteiger partial charge in [-0.15, -0.1) is 11.3 Å². The lowest BCUT2D eigenvalue weighted by atomic mass is 9.97. The van der Waals surface area contributed by atoms with E-state index < -0.39 is 0 Å². The maximum Gasteiger partial charge on any atom is 0.315 e. The molecule has 1 aliphatic heterocycles. The van der Waals surface area contributed by atoms with Crippen LogP contribution >= 0.6 is 11.3 Å². The van der Waals surface area contributed by atoms with Crippen LogP contribution in [0.5, 0.6) is 0 Å². The SMILES string of the molecule is Cc1cnc(CCNC(=O)N[C@@H]2CCO[C@@H](c3ccccc3)C2)s1. The number of hydrogen-bond donors (Lipinski definition) is 2. The van der Waals surface area contributed by atoms with E-state index >= 15 is 0 Å². The van der Waals surface area contributed by atoms with Gasteiger partial charge < -0.3 is 15.4 Å². The third-order valence-corrected chi connectivity index (χ3v) is 5.06. The number of aromatic nitrogens is 1. The monoisotopic (exact) mass is 345 g/mol. The quantitative estimate of drug-likeness (QED) is 0.875. The molecule has 0 saturated carbocycles. The molecule has 24 heavy (non-hydrogen) atoms. The maximum absolute atomic E-state index is 12.1. The summed E-state index contributed by atoms with van der Waals surface area (Å²) >= 11 is 1.67. The molecule has 0 aliphatic carbocycles. The zero-order chi connectivity index (χ0) is 16.8. The number of amides is 2. The highest BCUT2D eigenvalue weighted by molar-refractivity contribution is 7.11. The lowest BCUT2D eigenvalue weighted by molar-refractivity contribution is 0.00227. The zero-order valence-electron chi connectivity index (χ0n) is 13.8. The number of ether oxygens (including phenoxy) is 1. The number of carbonyl (C=O) groups is 1. The van der Waals surface area contributed by atoms with Gasteiger partial charge in [0.2, 0.25) is 0 Å². The fourth-order valence-electron chi connectivity index (χ4n) is 2.86. The van der Waals surface area contributed by atoms with Crippen molar-refractivity contribution < 1.29 is 9.53 Å². The summed E-state index contributed by atoms with van der Waals surface area (Å²) < 4.78 is 5.84. The topological polar surface area (TPSA) is 63.2 Å². The Morgan fingerprint density at radius 3 is 2.96 bits per heavy atom. The number of carbonyl (C=O) groups excluding carboxylic acids is 1. The summed E-state index contributed by atoms with van der Waals surface area (Å²) in [5.74, 6) is 0. The van der Waals surface area contributed by atoms with E-state index in [0.29, 0.717) is 13.2 Å². The predicted molar refractivity (Wildman–Crippen MR) is 95.2 cm³/mol. The summed E-state index contributed by atoms with van der Waals surface area (Å²) in [6, 6.07) is 10.2. The highest BCUT2D eigenvalue weighted by Crippen LogP contribution is 2.27. The number of nitrogens with zero attached hydrogens (tertiary/aromatic N) is 1. The second kappa shape index (κ2) is 8.26. The Kier molecular flexibility index (Phi) is 5.82. The summed E-state index contributed by atoms with van der Waals surface area (Å²) in [5.41, 5.74) is 1.17. The molecule has 6 heteroatoms. The van der Waals surface area contributed by atoms with Crippen LogP contribution < -0.4 is 10.6 Å². The van der Waals surface area contributed by atoms with Gasteiger partial charge in [0.1, 0.15) is 0 Å². The molecule has 1 saturated heterocycles. The summed E-state index contributed by atoms with van der Waals surface area (Å²) in [6.07, 6.45) is 4.35. The third kappa shape index (κ3) is 4.79. The lowest BCUT2D eigenvalue weighted by Crippen LogP contribution is -2.45. The minimum absolute atomic E-state index is 0.0588. The van der Waals surface area contributed by atoms with Crippen molar-refractivity contribution in [3.63, 3.8) is 0 Å². The molecular formula is C18H23N3O2S. The van der Waals surface area contributed by atoms with Crippen molar-refractivity contribution >= 4 is 17.4 Å². The largest absolute Gasteiger partial charge is 0.373 e. The van der Waals surface area contributed by atoms with E-state index in [4.69, 9.17) is 4.74 Å². The molecule has 2 N–H and O–H groups in total. The van der Waals surface area contributed by atoms with Crippen LogP contribution in [0.3, 0.4) is 0 Å². The number of rotatable bonds is 5. The van der Waals surface area contributed by atoms with E-state index in [-0.39, 0.29) is 18.2 Å². The van der Waals surface area contributed by atoms with Crippen LogP contribution in [-0.4, -0.2) is 30.2 Å². The van der Waals surface area contributed by atoms with Crippen LogP contribution in [0.15, 0.2) is 36.5 Å². The molecule has 2 atom stereocenters. The van der Waals surface area contributed by atoms with Crippen molar-refractivity contribution in [2.75, 3.05) is 13.2 Å². The first-order chi connectivity index (χ1) is 11.7. The average molecular weight is 345 g/mol. The average Bonchev–Trinajstić information content (AvgIpc) is 3.01.